The molecule has 11 nitrogen and oxygen atoms in total. The van der Waals surface area contributed by atoms with Gasteiger partial charge in [-0.05, 0) is 80.5 Å². The molecule has 0 bridgehead atoms. The molecule has 2 rings (SSSR count). The number of rotatable bonds is 21. The number of nitrogens with zero attached hydrogens (tertiary/aromatic N) is 3. The van der Waals surface area contributed by atoms with E-state index in [4.69, 9.17) is 23.0 Å². The number of benzene rings is 1. The Balaban J connectivity index is 1.91. The van der Waals surface area contributed by atoms with Gasteiger partial charge in [-0.15, -0.1) is 0 Å². The summed E-state index contributed by atoms with van der Waals surface area (Å²) in [5, 5.41) is 0. The summed E-state index contributed by atoms with van der Waals surface area (Å²) in [7, 11) is -3.90. The van der Waals surface area contributed by atoms with Crippen LogP contribution < -0.4 is 4.72 Å². The second-order valence-corrected chi connectivity index (χ2v) is 15.8. The highest BCUT2D eigenvalue weighted by Crippen LogP contribution is 2.50. The lowest BCUT2D eigenvalue weighted by Gasteiger charge is -2.41. The van der Waals surface area contributed by atoms with E-state index in [1.165, 1.54) is 11.9 Å². The van der Waals surface area contributed by atoms with Crippen LogP contribution in [0.25, 0.3) is 0 Å². The monoisotopic (exact) mass is 720 g/mol. The lowest BCUT2D eigenvalue weighted by atomic mass is 9.83. The largest absolute Gasteiger partial charge is 0.510 e. The molecule has 1 heterocycles. The molecule has 1 aliphatic heterocycles. The Morgan fingerprint density at radius 3 is 2.24 bits per heavy atom. The van der Waals surface area contributed by atoms with Crippen molar-refractivity contribution in [2.45, 2.75) is 85.1 Å². The molecule has 0 atom stereocenters. The fourth-order valence-corrected chi connectivity index (χ4v) is 7.19. The summed E-state index contributed by atoms with van der Waals surface area (Å²) in [6.45, 7) is 25.6. The van der Waals surface area contributed by atoms with Gasteiger partial charge in [-0.1, -0.05) is 66.3 Å². The Bertz CT molecular complexity index is 1340. The Morgan fingerprint density at radius 1 is 1.04 bits per heavy atom. The molecule has 0 unspecified atom stereocenters. The number of nitrogens with one attached hydrogen (secondary N) is 1. The van der Waals surface area contributed by atoms with Crippen molar-refractivity contribution >= 4 is 50.2 Å². The first kappa shape index (κ1) is 42.4. The molecule has 0 spiro atoms. The Hall–Kier alpha value is -2.73. The van der Waals surface area contributed by atoms with E-state index in [0.717, 1.165) is 40.6 Å². The van der Waals surface area contributed by atoms with Gasteiger partial charge in [-0.3, -0.25) is 23.9 Å². The number of phosphoric ester groups is 1. The van der Waals surface area contributed by atoms with Crippen LogP contribution in [0.5, 0.6) is 0 Å². The Labute approximate surface area is 298 Å². The number of phosphoric acid groups is 1. The molecule has 274 valence electrons. The van der Waals surface area contributed by atoms with E-state index < -0.39 is 26.4 Å². The average Bonchev–Trinajstić information content (AvgIpc) is 3.04. The van der Waals surface area contributed by atoms with Crippen LogP contribution in [0.15, 0.2) is 69.2 Å². The zero-order chi connectivity index (χ0) is 36.5. The fraction of sp³-hybridized carbons (Fsp3) is 0.583. The van der Waals surface area contributed by atoms with Crippen molar-refractivity contribution in [3.63, 3.8) is 0 Å². The van der Waals surface area contributed by atoms with Gasteiger partial charge in [0.2, 0.25) is 6.79 Å². The molecule has 1 fully saturated rings. The number of allylic oxidation sites excluding steroid dienone is 2. The van der Waals surface area contributed by atoms with Crippen molar-refractivity contribution < 1.29 is 32.4 Å². The van der Waals surface area contributed by atoms with Crippen molar-refractivity contribution in [2.75, 3.05) is 39.6 Å². The summed E-state index contributed by atoms with van der Waals surface area (Å²) in [6.07, 6.45) is 8.84. The van der Waals surface area contributed by atoms with Gasteiger partial charge in [-0.25, -0.2) is 13.9 Å². The highest BCUT2D eigenvalue weighted by atomic mass is 32.2. The standard InChI is InChI=1S/C36H57N4O7PS/c1-11-31(39-49-33-15-13-14-32(38-12-2)34(33)37-10)17-16-30(9)23-40-20-18-36(19-21-40,22-27(3)4)47-35(41)43-26-46-48(42,44-24-28(5)6)45-25-29(7)8/h11-17,27-29,39H,9-10,18-26H2,1-8H3. The van der Waals surface area contributed by atoms with Crippen molar-refractivity contribution in [1.82, 2.24) is 9.62 Å². The smallest absolute Gasteiger partial charge is 0.428 e. The maximum atomic E-state index is 13.0. The molecule has 0 radical (unpaired) electrons. The number of carbonyl (C=O) groups excluding carboxylic acids is 1. The fourth-order valence-electron chi connectivity index (χ4n) is 4.99. The van der Waals surface area contributed by atoms with Gasteiger partial charge in [0.15, 0.2) is 0 Å². The van der Waals surface area contributed by atoms with E-state index in [-0.39, 0.29) is 25.0 Å². The van der Waals surface area contributed by atoms with Crippen LogP contribution in [0, 0.1) is 17.8 Å². The zero-order valence-corrected chi connectivity index (χ0v) is 32.3. The molecular formula is C36H57N4O7PS. The summed E-state index contributed by atoms with van der Waals surface area (Å²) >= 11 is 1.45. The third-order valence-electron chi connectivity index (χ3n) is 7.29. The first-order valence-corrected chi connectivity index (χ1v) is 19.2. The van der Waals surface area contributed by atoms with Crippen molar-refractivity contribution in [2.24, 2.45) is 27.7 Å². The van der Waals surface area contributed by atoms with Gasteiger partial charge < -0.3 is 14.2 Å². The molecule has 1 aromatic rings. The first-order valence-electron chi connectivity index (χ1n) is 16.9. The van der Waals surface area contributed by atoms with Crippen LogP contribution in [0.3, 0.4) is 0 Å². The quantitative estimate of drug-likeness (QED) is 0.0328. The first-order chi connectivity index (χ1) is 23.2. The van der Waals surface area contributed by atoms with Crippen molar-refractivity contribution in [3.8, 4) is 0 Å². The van der Waals surface area contributed by atoms with Gasteiger partial charge in [0, 0.05) is 44.4 Å². The van der Waals surface area contributed by atoms with Gasteiger partial charge in [0.05, 0.1) is 23.8 Å². The van der Waals surface area contributed by atoms with Gasteiger partial charge in [0.25, 0.3) is 0 Å². The highest BCUT2D eigenvalue weighted by Gasteiger charge is 2.39. The lowest BCUT2D eigenvalue weighted by molar-refractivity contribution is -0.0920. The van der Waals surface area contributed by atoms with E-state index >= 15 is 0 Å². The molecule has 0 saturated carbocycles. The van der Waals surface area contributed by atoms with Gasteiger partial charge in [-0.2, -0.15) is 0 Å². The van der Waals surface area contributed by atoms with Crippen LogP contribution in [-0.2, 0) is 27.6 Å². The topological polar surface area (TPSA) is 120 Å². The average molecular weight is 721 g/mol. The molecule has 1 N–H and O–H groups in total. The third kappa shape index (κ3) is 15.8. The molecule has 0 aromatic heterocycles. The maximum absolute atomic E-state index is 13.0. The lowest BCUT2D eigenvalue weighted by Crippen LogP contribution is -2.48. The Morgan fingerprint density at radius 2 is 1.69 bits per heavy atom. The number of para-hydroxylation sites is 1. The van der Waals surface area contributed by atoms with Crippen LogP contribution in [0.4, 0.5) is 16.2 Å². The van der Waals surface area contributed by atoms with E-state index in [9.17, 15) is 9.36 Å². The van der Waals surface area contributed by atoms with E-state index in [1.807, 2.05) is 78.0 Å². The van der Waals surface area contributed by atoms with Crippen LogP contribution >= 0.6 is 19.8 Å². The highest BCUT2D eigenvalue weighted by molar-refractivity contribution is 7.97. The zero-order valence-electron chi connectivity index (χ0n) is 30.6. The number of hydrogen-bond acceptors (Lipinski definition) is 12. The normalized spacial score (nSPS) is 15.9. The molecule has 1 aliphatic rings. The van der Waals surface area contributed by atoms with Crippen LogP contribution in [0.1, 0.15) is 74.7 Å². The predicted octanol–water partition coefficient (Wildman–Crippen LogP) is 9.82. The second-order valence-electron chi connectivity index (χ2n) is 13.2. The minimum absolute atomic E-state index is 0.117. The van der Waals surface area contributed by atoms with E-state index in [1.54, 1.807) is 6.21 Å². The second kappa shape index (κ2) is 21.5. The predicted molar refractivity (Wildman–Crippen MR) is 201 cm³/mol. The van der Waals surface area contributed by atoms with E-state index in [0.29, 0.717) is 31.7 Å². The summed E-state index contributed by atoms with van der Waals surface area (Å²) in [5.41, 5.74) is 2.70. The molecular weight excluding hydrogens is 663 g/mol. The molecule has 49 heavy (non-hydrogen) atoms. The van der Waals surface area contributed by atoms with Crippen LogP contribution in [0.2, 0.25) is 0 Å². The van der Waals surface area contributed by atoms with Gasteiger partial charge >= 0.3 is 14.0 Å². The number of aliphatic imine (C=N–C) groups is 2. The minimum atomic E-state index is -3.90. The number of likely N-dealkylation sites (tertiary alicyclic amines) is 1. The van der Waals surface area contributed by atoms with Crippen molar-refractivity contribution in [1.29, 1.82) is 0 Å². The minimum Gasteiger partial charge on any atom is -0.428 e. The summed E-state index contributed by atoms with van der Waals surface area (Å²) < 4.78 is 43.7. The molecule has 1 aromatic carbocycles. The number of hydrogen-bond donors (Lipinski definition) is 1. The molecule has 13 heteroatoms. The van der Waals surface area contributed by atoms with Gasteiger partial charge in [0.1, 0.15) is 11.3 Å². The maximum Gasteiger partial charge on any atom is 0.510 e. The number of ether oxygens (including phenoxy) is 2. The van der Waals surface area contributed by atoms with Crippen LogP contribution in [-0.4, -0.2) is 69.2 Å². The SMILES string of the molecule is C=Nc1c(N=CC)cccc1SNC(C=CC(=C)CN1CCC(CC(C)C)(OC(=O)OCOP(=O)(OCC(C)C)OCC(C)C)CC1)=CC. The molecule has 1 saturated heterocycles. The number of piperidine rings is 1. The summed E-state index contributed by atoms with van der Waals surface area (Å²) in [6, 6.07) is 5.83. The third-order valence-corrected chi connectivity index (χ3v) is 9.53. The summed E-state index contributed by atoms with van der Waals surface area (Å²) in [4.78, 5) is 24.6. The molecule has 0 amide bonds. The molecule has 0 aliphatic carbocycles. The number of carbonyl (C=O) groups is 1. The summed E-state index contributed by atoms with van der Waals surface area (Å²) in [5.74, 6) is 0.533. The van der Waals surface area contributed by atoms with E-state index in [2.05, 4.69) is 46.8 Å². The van der Waals surface area contributed by atoms with Crippen molar-refractivity contribution in [3.05, 3.63) is 54.3 Å². The Kier molecular flexibility index (Phi) is 18.6.